The Morgan fingerprint density at radius 3 is 2.53 bits per heavy atom. The standard InChI is InChI=1S/C15H16N4/c1-9-5-14(12(4)11(3)10(9)2)13-6-16-15-17-8-18-19(15)7-13/h5-8H,1-4H3. The topological polar surface area (TPSA) is 43.1 Å². The van der Waals surface area contributed by atoms with Crippen LogP contribution in [0.4, 0.5) is 0 Å². The van der Waals surface area contributed by atoms with Gasteiger partial charge in [-0.15, -0.1) is 0 Å². The summed E-state index contributed by atoms with van der Waals surface area (Å²) in [6.45, 7) is 8.64. The number of nitrogens with zero attached hydrogens (tertiary/aromatic N) is 4. The zero-order chi connectivity index (χ0) is 13.6. The van der Waals surface area contributed by atoms with Crippen molar-refractivity contribution < 1.29 is 0 Å². The average molecular weight is 252 g/mol. The van der Waals surface area contributed by atoms with Crippen LogP contribution in [0.15, 0.2) is 24.8 Å². The Hall–Kier alpha value is -2.23. The van der Waals surface area contributed by atoms with E-state index in [4.69, 9.17) is 0 Å². The van der Waals surface area contributed by atoms with E-state index in [2.05, 4.69) is 48.8 Å². The van der Waals surface area contributed by atoms with Crippen LogP contribution < -0.4 is 0 Å². The number of aryl methyl sites for hydroxylation is 1. The second-order valence-electron chi connectivity index (χ2n) is 4.96. The van der Waals surface area contributed by atoms with E-state index in [-0.39, 0.29) is 0 Å². The molecule has 0 amide bonds. The molecule has 2 aromatic heterocycles. The molecule has 3 aromatic rings. The van der Waals surface area contributed by atoms with Gasteiger partial charge in [0.2, 0.25) is 0 Å². The van der Waals surface area contributed by atoms with Gasteiger partial charge in [-0.25, -0.2) is 9.50 Å². The minimum absolute atomic E-state index is 0.627. The van der Waals surface area contributed by atoms with Crippen LogP contribution in [0.5, 0.6) is 0 Å². The molecule has 0 fully saturated rings. The van der Waals surface area contributed by atoms with Gasteiger partial charge in [0, 0.05) is 18.0 Å². The lowest BCUT2D eigenvalue weighted by Gasteiger charge is -2.14. The molecule has 0 radical (unpaired) electrons. The molecule has 96 valence electrons. The fourth-order valence-corrected chi connectivity index (χ4v) is 2.37. The molecule has 1 aromatic carbocycles. The zero-order valence-electron chi connectivity index (χ0n) is 11.6. The summed E-state index contributed by atoms with van der Waals surface area (Å²) in [5, 5.41) is 4.14. The van der Waals surface area contributed by atoms with Crippen molar-refractivity contribution >= 4 is 5.78 Å². The predicted molar refractivity (Wildman–Crippen MR) is 75.2 cm³/mol. The molecule has 0 aliphatic heterocycles. The largest absolute Gasteiger partial charge is 0.252 e. The Labute approximate surface area is 112 Å². The molecule has 0 unspecified atom stereocenters. The lowest BCUT2D eigenvalue weighted by molar-refractivity contribution is 0.940. The fourth-order valence-electron chi connectivity index (χ4n) is 2.37. The number of fused-ring (bicyclic) bond motifs is 1. The summed E-state index contributed by atoms with van der Waals surface area (Å²) in [5.41, 5.74) is 7.58. The maximum Gasteiger partial charge on any atom is 0.252 e. The molecular weight excluding hydrogens is 236 g/mol. The van der Waals surface area contributed by atoms with Gasteiger partial charge < -0.3 is 0 Å². The molecule has 2 heterocycles. The van der Waals surface area contributed by atoms with Crippen molar-refractivity contribution in [2.45, 2.75) is 27.7 Å². The Morgan fingerprint density at radius 2 is 1.74 bits per heavy atom. The highest BCUT2D eigenvalue weighted by Gasteiger charge is 2.10. The molecule has 0 saturated heterocycles. The molecule has 4 heteroatoms. The van der Waals surface area contributed by atoms with E-state index in [0.29, 0.717) is 5.78 Å². The first kappa shape index (κ1) is 11.8. The molecule has 0 aliphatic carbocycles. The third kappa shape index (κ3) is 1.80. The first-order valence-electron chi connectivity index (χ1n) is 6.31. The molecule has 0 spiro atoms. The summed E-state index contributed by atoms with van der Waals surface area (Å²) in [7, 11) is 0. The maximum atomic E-state index is 4.33. The molecule has 3 rings (SSSR count). The van der Waals surface area contributed by atoms with Crippen molar-refractivity contribution in [3.63, 3.8) is 0 Å². The summed E-state index contributed by atoms with van der Waals surface area (Å²) >= 11 is 0. The van der Waals surface area contributed by atoms with Crippen molar-refractivity contribution in [2.75, 3.05) is 0 Å². The number of rotatable bonds is 1. The van der Waals surface area contributed by atoms with Gasteiger partial charge in [0.1, 0.15) is 6.33 Å². The van der Waals surface area contributed by atoms with Gasteiger partial charge >= 0.3 is 0 Å². The van der Waals surface area contributed by atoms with Gasteiger partial charge in [0.25, 0.3) is 5.78 Å². The van der Waals surface area contributed by atoms with E-state index in [9.17, 15) is 0 Å². The van der Waals surface area contributed by atoms with Gasteiger partial charge in [0.15, 0.2) is 0 Å². The van der Waals surface area contributed by atoms with Crippen LogP contribution in [0.25, 0.3) is 16.9 Å². The van der Waals surface area contributed by atoms with Gasteiger partial charge in [-0.1, -0.05) is 6.07 Å². The molecule has 0 atom stereocenters. The van der Waals surface area contributed by atoms with Gasteiger partial charge in [-0.05, 0) is 55.5 Å². The van der Waals surface area contributed by atoms with E-state index in [0.717, 1.165) is 5.56 Å². The molecule has 0 bridgehead atoms. The average Bonchev–Trinajstić information content (AvgIpc) is 2.87. The quantitative estimate of drug-likeness (QED) is 0.668. The van der Waals surface area contributed by atoms with Crippen molar-refractivity contribution in [2.24, 2.45) is 0 Å². The smallest absolute Gasteiger partial charge is 0.219 e. The van der Waals surface area contributed by atoms with Crippen LogP contribution in [0.1, 0.15) is 22.3 Å². The van der Waals surface area contributed by atoms with Crippen LogP contribution in [0.2, 0.25) is 0 Å². The predicted octanol–water partition coefficient (Wildman–Crippen LogP) is 3.02. The van der Waals surface area contributed by atoms with E-state index in [1.54, 1.807) is 4.52 Å². The minimum atomic E-state index is 0.627. The van der Waals surface area contributed by atoms with Gasteiger partial charge in [-0.3, -0.25) is 0 Å². The summed E-state index contributed by atoms with van der Waals surface area (Å²) < 4.78 is 1.71. The first-order valence-corrected chi connectivity index (χ1v) is 6.31. The lowest BCUT2D eigenvalue weighted by atomic mass is 9.92. The van der Waals surface area contributed by atoms with Crippen molar-refractivity contribution in [3.05, 3.63) is 47.0 Å². The number of hydrogen-bond donors (Lipinski definition) is 0. The van der Waals surface area contributed by atoms with Crippen LogP contribution in [0, 0.1) is 27.7 Å². The molecule has 0 aliphatic rings. The van der Waals surface area contributed by atoms with E-state index in [1.807, 2.05) is 12.4 Å². The number of hydrogen-bond acceptors (Lipinski definition) is 3. The molecular formula is C15H16N4. The maximum absolute atomic E-state index is 4.33. The van der Waals surface area contributed by atoms with Crippen LogP contribution >= 0.6 is 0 Å². The Kier molecular flexibility index (Phi) is 2.59. The highest BCUT2D eigenvalue weighted by Crippen LogP contribution is 2.29. The molecule has 19 heavy (non-hydrogen) atoms. The van der Waals surface area contributed by atoms with Crippen molar-refractivity contribution in [1.29, 1.82) is 0 Å². The third-order valence-electron chi connectivity index (χ3n) is 3.93. The van der Waals surface area contributed by atoms with Crippen LogP contribution in [0.3, 0.4) is 0 Å². The minimum Gasteiger partial charge on any atom is -0.219 e. The SMILES string of the molecule is Cc1cc(-c2cnc3ncnn3c2)c(C)c(C)c1C. The van der Waals surface area contributed by atoms with Crippen molar-refractivity contribution in [3.8, 4) is 11.1 Å². The second-order valence-corrected chi connectivity index (χ2v) is 4.96. The zero-order valence-corrected chi connectivity index (χ0v) is 11.6. The summed E-state index contributed by atoms with van der Waals surface area (Å²) in [5.74, 6) is 0.627. The van der Waals surface area contributed by atoms with Crippen molar-refractivity contribution in [1.82, 2.24) is 19.6 Å². The number of aromatic nitrogens is 4. The summed E-state index contributed by atoms with van der Waals surface area (Å²) in [4.78, 5) is 8.40. The number of benzene rings is 1. The first-order chi connectivity index (χ1) is 9.08. The molecule has 0 saturated carbocycles. The molecule has 0 N–H and O–H groups in total. The van der Waals surface area contributed by atoms with Crippen LogP contribution in [-0.4, -0.2) is 19.6 Å². The van der Waals surface area contributed by atoms with Crippen LogP contribution in [-0.2, 0) is 0 Å². The third-order valence-corrected chi connectivity index (χ3v) is 3.93. The fraction of sp³-hybridized carbons (Fsp3) is 0.267. The Bertz CT molecular complexity index is 771. The van der Waals surface area contributed by atoms with Gasteiger partial charge in [0.05, 0.1) is 0 Å². The Balaban J connectivity index is 2.26. The van der Waals surface area contributed by atoms with E-state index >= 15 is 0 Å². The normalized spacial score (nSPS) is 11.2. The highest BCUT2D eigenvalue weighted by atomic mass is 15.3. The summed E-state index contributed by atoms with van der Waals surface area (Å²) in [6.07, 6.45) is 5.36. The lowest BCUT2D eigenvalue weighted by Crippen LogP contribution is -1.97. The van der Waals surface area contributed by atoms with E-state index in [1.165, 1.54) is 34.1 Å². The monoisotopic (exact) mass is 252 g/mol. The van der Waals surface area contributed by atoms with E-state index < -0.39 is 0 Å². The Morgan fingerprint density at radius 1 is 0.947 bits per heavy atom. The highest BCUT2D eigenvalue weighted by molar-refractivity contribution is 5.69. The summed E-state index contributed by atoms with van der Waals surface area (Å²) in [6, 6.07) is 2.22. The second kappa shape index (κ2) is 4.16. The molecule has 4 nitrogen and oxygen atoms in total. The van der Waals surface area contributed by atoms with Gasteiger partial charge in [-0.2, -0.15) is 10.1 Å².